The van der Waals surface area contributed by atoms with Crippen molar-refractivity contribution in [1.82, 2.24) is 10.3 Å². The van der Waals surface area contributed by atoms with Gasteiger partial charge in [0.25, 0.3) is 0 Å². The molecule has 20 heavy (non-hydrogen) atoms. The second-order valence-corrected chi connectivity index (χ2v) is 5.98. The Kier molecular flexibility index (Phi) is 4.98. The number of nitrogens with two attached hydrogens (primary N) is 1. The van der Waals surface area contributed by atoms with Gasteiger partial charge in [-0.2, -0.15) is 0 Å². The lowest BCUT2D eigenvalue weighted by Crippen LogP contribution is -2.35. The molecule has 0 saturated carbocycles. The molecule has 1 amide bonds. The first-order chi connectivity index (χ1) is 9.52. The zero-order valence-electron chi connectivity index (χ0n) is 11.1. The number of carbonyl (C=O) groups is 1. The maximum Gasteiger partial charge on any atom is 0.226 e. The maximum absolute atomic E-state index is 11.9. The smallest absolute Gasteiger partial charge is 0.226 e. The number of hydrogen-bond acceptors (Lipinski definition) is 4. The summed E-state index contributed by atoms with van der Waals surface area (Å²) in [4.78, 5) is 15.9. The lowest BCUT2D eigenvalue weighted by Gasteiger charge is -2.13. The van der Waals surface area contributed by atoms with Gasteiger partial charge in [0.05, 0.1) is 12.1 Å². The van der Waals surface area contributed by atoms with Crippen molar-refractivity contribution >= 4 is 34.0 Å². The largest absolute Gasteiger partial charge is 0.375 e. The van der Waals surface area contributed by atoms with Gasteiger partial charge in [0.2, 0.25) is 5.91 Å². The summed E-state index contributed by atoms with van der Waals surface area (Å²) in [6, 6.07) is 7.68. The number of thiazole rings is 1. The number of rotatable bonds is 5. The van der Waals surface area contributed by atoms with Crippen molar-refractivity contribution in [3.05, 3.63) is 45.9 Å². The van der Waals surface area contributed by atoms with E-state index < -0.39 is 0 Å². The average molecular weight is 310 g/mol. The highest BCUT2D eigenvalue weighted by Gasteiger charge is 2.10. The summed E-state index contributed by atoms with van der Waals surface area (Å²) in [6.07, 6.45) is 0.999. The van der Waals surface area contributed by atoms with Crippen molar-refractivity contribution in [2.24, 2.45) is 0 Å². The van der Waals surface area contributed by atoms with Crippen LogP contribution in [0, 0.1) is 0 Å². The van der Waals surface area contributed by atoms with Gasteiger partial charge in [-0.05, 0) is 31.0 Å². The Morgan fingerprint density at radius 3 is 3.00 bits per heavy atom. The average Bonchev–Trinajstić information content (AvgIpc) is 2.74. The van der Waals surface area contributed by atoms with Crippen molar-refractivity contribution in [1.29, 1.82) is 0 Å². The number of aromatic nitrogens is 1. The van der Waals surface area contributed by atoms with E-state index in [0.717, 1.165) is 12.0 Å². The van der Waals surface area contributed by atoms with Crippen molar-refractivity contribution in [2.45, 2.75) is 25.8 Å². The molecule has 1 aromatic heterocycles. The molecule has 106 valence electrons. The van der Waals surface area contributed by atoms with E-state index in [-0.39, 0.29) is 18.4 Å². The standard InChI is InChI=1S/C14H16ClN3OS/c1-9(5-10-3-2-4-11(15)6-10)17-13(19)7-12-8-20-14(16)18-12/h2-4,6,8-9H,5,7H2,1H3,(H2,16,18)(H,17,19). The molecule has 0 radical (unpaired) electrons. The Morgan fingerprint density at radius 1 is 1.55 bits per heavy atom. The summed E-state index contributed by atoms with van der Waals surface area (Å²) < 4.78 is 0. The number of amides is 1. The molecular weight excluding hydrogens is 294 g/mol. The van der Waals surface area contributed by atoms with Crippen molar-refractivity contribution in [3.63, 3.8) is 0 Å². The van der Waals surface area contributed by atoms with Crippen LogP contribution in [0.3, 0.4) is 0 Å². The zero-order chi connectivity index (χ0) is 14.5. The first kappa shape index (κ1) is 14.8. The zero-order valence-corrected chi connectivity index (χ0v) is 12.7. The van der Waals surface area contributed by atoms with Gasteiger partial charge in [0.15, 0.2) is 5.13 Å². The summed E-state index contributed by atoms with van der Waals surface area (Å²) in [6.45, 7) is 1.97. The van der Waals surface area contributed by atoms with Crippen molar-refractivity contribution in [3.8, 4) is 0 Å². The minimum atomic E-state index is -0.0511. The minimum Gasteiger partial charge on any atom is -0.375 e. The first-order valence-corrected chi connectivity index (χ1v) is 7.52. The molecule has 1 atom stereocenters. The molecule has 0 aliphatic rings. The molecule has 6 heteroatoms. The van der Waals surface area contributed by atoms with Crippen molar-refractivity contribution < 1.29 is 4.79 Å². The fourth-order valence-electron chi connectivity index (χ4n) is 1.96. The van der Waals surface area contributed by atoms with E-state index in [2.05, 4.69) is 10.3 Å². The second kappa shape index (κ2) is 6.72. The molecule has 1 aromatic carbocycles. The van der Waals surface area contributed by atoms with Crippen LogP contribution in [0.15, 0.2) is 29.6 Å². The van der Waals surface area contributed by atoms with Crippen LogP contribution in [0.25, 0.3) is 0 Å². The lowest BCUT2D eigenvalue weighted by atomic mass is 10.1. The number of nitrogens with zero attached hydrogens (tertiary/aromatic N) is 1. The van der Waals surface area contributed by atoms with Crippen LogP contribution in [0.1, 0.15) is 18.2 Å². The molecule has 2 aromatic rings. The van der Waals surface area contributed by atoms with Gasteiger partial charge in [-0.15, -0.1) is 11.3 Å². The van der Waals surface area contributed by atoms with E-state index >= 15 is 0 Å². The first-order valence-electron chi connectivity index (χ1n) is 6.26. The molecule has 1 unspecified atom stereocenters. The Labute approximate surface area is 127 Å². The predicted molar refractivity (Wildman–Crippen MR) is 83.0 cm³/mol. The number of anilines is 1. The highest BCUT2D eigenvalue weighted by atomic mass is 35.5. The fraction of sp³-hybridized carbons (Fsp3) is 0.286. The van der Waals surface area contributed by atoms with Crippen LogP contribution in [-0.4, -0.2) is 16.9 Å². The van der Waals surface area contributed by atoms with Crippen molar-refractivity contribution in [2.75, 3.05) is 5.73 Å². The van der Waals surface area contributed by atoms with Crippen LogP contribution in [-0.2, 0) is 17.6 Å². The molecule has 1 heterocycles. The third-order valence-corrected chi connectivity index (χ3v) is 3.71. The van der Waals surface area contributed by atoms with Gasteiger partial charge < -0.3 is 11.1 Å². The second-order valence-electron chi connectivity index (χ2n) is 4.66. The van der Waals surface area contributed by atoms with E-state index in [0.29, 0.717) is 15.8 Å². The fourth-order valence-corrected chi connectivity index (χ4v) is 2.74. The van der Waals surface area contributed by atoms with Gasteiger partial charge in [-0.3, -0.25) is 4.79 Å². The van der Waals surface area contributed by atoms with Crippen LogP contribution < -0.4 is 11.1 Å². The van der Waals surface area contributed by atoms with E-state index in [1.54, 1.807) is 5.38 Å². The third kappa shape index (κ3) is 4.51. The van der Waals surface area contributed by atoms with Crippen LogP contribution in [0.5, 0.6) is 0 Å². The van der Waals surface area contributed by atoms with Crippen LogP contribution in [0.4, 0.5) is 5.13 Å². The molecular formula is C14H16ClN3OS. The number of nitrogens with one attached hydrogen (secondary N) is 1. The SMILES string of the molecule is CC(Cc1cccc(Cl)c1)NC(=O)Cc1csc(N)n1. The normalized spacial score (nSPS) is 12.1. The van der Waals surface area contributed by atoms with Gasteiger partial charge in [-0.1, -0.05) is 23.7 Å². The lowest BCUT2D eigenvalue weighted by molar-refractivity contribution is -0.121. The highest BCUT2D eigenvalue weighted by Crippen LogP contribution is 2.13. The molecule has 0 aliphatic carbocycles. The van der Waals surface area contributed by atoms with Crippen LogP contribution in [0.2, 0.25) is 5.02 Å². The number of hydrogen-bond donors (Lipinski definition) is 2. The summed E-state index contributed by atoms with van der Waals surface area (Å²) in [7, 11) is 0. The molecule has 0 spiro atoms. The monoisotopic (exact) mass is 309 g/mol. The molecule has 2 rings (SSSR count). The summed E-state index contributed by atoms with van der Waals surface area (Å²) >= 11 is 7.28. The Hall–Kier alpha value is -1.59. The van der Waals surface area contributed by atoms with Gasteiger partial charge >= 0.3 is 0 Å². The minimum absolute atomic E-state index is 0.0388. The van der Waals surface area contributed by atoms with Gasteiger partial charge in [-0.25, -0.2) is 4.98 Å². The van der Waals surface area contributed by atoms with E-state index in [1.807, 2.05) is 31.2 Å². The molecule has 0 bridgehead atoms. The Bertz CT molecular complexity index is 600. The van der Waals surface area contributed by atoms with Crippen LogP contribution >= 0.6 is 22.9 Å². The number of halogens is 1. The number of nitrogen functional groups attached to an aromatic ring is 1. The third-order valence-electron chi connectivity index (χ3n) is 2.75. The number of carbonyl (C=O) groups excluding carboxylic acids is 1. The van der Waals surface area contributed by atoms with Gasteiger partial charge in [0.1, 0.15) is 0 Å². The molecule has 0 aliphatic heterocycles. The van der Waals surface area contributed by atoms with E-state index in [4.69, 9.17) is 17.3 Å². The summed E-state index contributed by atoms with van der Waals surface area (Å²) in [5.41, 5.74) is 7.34. The maximum atomic E-state index is 11.9. The quantitative estimate of drug-likeness (QED) is 0.892. The Morgan fingerprint density at radius 2 is 2.35 bits per heavy atom. The Balaban J connectivity index is 1.84. The molecule has 3 N–H and O–H groups in total. The topological polar surface area (TPSA) is 68.0 Å². The summed E-state index contributed by atoms with van der Waals surface area (Å²) in [5.74, 6) is -0.0511. The molecule has 0 fully saturated rings. The predicted octanol–water partition coefficient (Wildman–Crippen LogP) is 2.67. The van der Waals surface area contributed by atoms with E-state index in [1.165, 1.54) is 11.3 Å². The molecule has 0 saturated heterocycles. The number of benzene rings is 1. The van der Waals surface area contributed by atoms with E-state index in [9.17, 15) is 4.79 Å². The summed E-state index contributed by atoms with van der Waals surface area (Å²) in [5, 5.41) is 5.94. The molecule has 4 nitrogen and oxygen atoms in total. The van der Waals surface area contributed by atoms with Gasteiger partial charge in [0, 0.05) is 16.4 Å². The highest BCUT2D eigenvalue weighted by molar-refractivity contribution is 7.13.